The van der Waals surface area contributed by atoms with Crippen molar-refractivity contribution in [3.8, 4) is 0 Å². The number of pyridine rings is 1. The number of hydrogen-bond donors (Lipinski definition) is 0. The Morgan fingerprint density at radius 2 is 2.37 bits per heavy atom. The molecule has 0 bridgehead atoms. The van der Waals surface area contributed by atoms with Crippen LogP contribution in [0.15, 0.2) is 22.8 Å². The lowest BCUT2D eigenvalue weighted by Crippen LogP contribution is -2.49. The topological polar surface area (TPSA) is 68.7 Å². The van der Waals surface area contributed by atoms with Crippen LogP contribution in [0.3, 0.4) is 0 Å². The van der Waals surface area contributed by atoms with Crippen LogP contribution in [-0.4, -0.2) is 54.7 Å². The van der Waals surface area contributed by atoms with Gasteiger partial charge in [0, 0.05) is 17.2 Å². The zero-order valence-electron chi connectivity index (χ0n) is 10.3. The molecule has 2 rings (SSSR count). The minimum absolute atomic E-state index is 0.175. The van der Waals surface area contributed by atoms with Crippen molar-refractivity contribution in [2.24, 2.45) is 0 Å². The van der Waals surface area contributed by atoms with Crippen molar-refractivity contribution in [1.82, 2.24) is 9.88 Å². The molecule has 0 aliphatic carbocycles. The van der Waals surface area contributed by atoms with Crippen LogP contribution < -0.4 is 0 Å². The fourth-order valence-corrected chi connectivity index (χ4v) is 2.23. The number of hydrogen-bond acceptors (Lipinski definition) is 5. The summed E-state index contributed by atoms with van der Waals surface area (Å²) in [6.45, 7) is 0.903. The Bertz CT molecular complexity index is 494. The van der Waals surface area contributed by atoms with E-state index in [-0.39, 0.29) is 12.5 Å². The molecule has 1 aromatic rings. The Morgan fingerprint density at radius 1 is 1.58 bits per heavy atom. The highest BCUT2D eigenvalue weighted by molar-refractivity contribution is 9.10. The summed E-state index contributed by atoms with van der Waals surface area (Å²) in [4.78, 5) is 29.3. The zero-order valence-corrected chi connectivity index (χ0v) is 11.9. The molecule has 102 valence electrons. The summed E-state index contributed by atoms with van der Waals surface area (Å²) < 4.78 is 10.5. The van der Waals surface area contributed by atoms with Gasteiger partial charge in [0.15, 0.2) is 6.10 Å². The number of rotatable bonds is 2. The normalized spacial score (nSPS) is 19.1. The minimum atomic E-state index is -0.731. The van der Waals surface area contributed by atoms with Crippen molar-refractivity contribution >= 4 is 27.8 Å². The Morgan fingerprint density at radius 3 is 3.05 bits per heavy atom. The summed E-state index contributed by atoms with van der Waals surface area (Å²) in [5, 5.41) is 0. The van der Waals surface area contributed by atoms with E-state index in [4.69, 9.17) is 4.74 Å². The standard InChI is InChI=1S/C12H13BrN2O4/c1-18-12(17)9-7-15(5-6-19-9)11(16)10-8(13)3-2-4-14-10/h2-4,9H,5-7H2,1H3. The number of morpholine rings is 1. The summed E-state index contributed by atoms with van der Waals surface area (Å²) >= 11 is 3.29. The molecule has 0 radical (unpaired) electrons. The van der Waals surface area contributed by atoms with Gasteiger partial charge in [0.2, 0.25) is 0 Å². The van der Waals surface area contributed by atoms with E-state index < -0.39 is 12.1 Å². The Balaban J connectivity index is 2.11. The minimum Gasteiger partial charge on any atom is -0.467 e. The summed E-state index contributed by atoms with van der Waals surface area (Å²) in [5.74, 6) is -0.706. The van der Waals surface area contributed by atoms with Gasteiger partial charge in [-0.1, -0.05) is 0 Å². The van der Waals surface area contributed by atoms with E-state index in [9.17, 15) is 9.59 Å². The van der Waals surface area contributed by atoms with Crippen molar-refractivity contribution in [3.63, 3.8) is 0 Å². The summed E-state index contributed by atoms with van der Waals surface area (Å²) in [6, 6.07) is 3.48. The molecule has 7 heteroatoms. The number of esters is 1. The van der Waals surface area contributed by atoms with Crippen LogP contribution in [-0.2, 0) is 14.3 Å². The molecular formula is C12H13BrN2O4. The molecule has 1 atom stereocenters. The summed E-state index contributed by atoms with van der Waals surface area (Å²) in [5.41, 5.74) is 0.327. The first kappa shape index (κ1) is 14.0. The number of aromatic nitrogens is 1. The van der Waals surface area contributed by atoms with Crippen LogP contribution in [0.1, 0.15) is 10.5 Å². The van der Waals surface area contributed by atoms with E-state index in [0.29, 0.717) is 23.3 Å². The number of ether oxygens (including phenoxy) is 2. The van der Waals surface area contributed by atoms with E-state index in [1.165, 1.54) is 12.0 Å². The molecule has 1 amide bonds. The molecule has 19 heavy (non-hydrogen) atoms. The number of halogens is 1. The van der Waals surface area contributed by atoms with E-state index in [1.54, 1.807) is 18.3 Å². The Labute approximate surface area is 118 Å². The third kappa shape index (κ3) is 3.10. The lowest BCUT2D eigenvalue weighted by atomic mass is 10.2. The second-order valence-electron chi connectivity index (χ2n) is 3.97. The van der Waals surface area contributed by atoms with Crippen LogP contribution in [0.4, 0.5) is 0 Å². The first-order chi connectivity index (χ1) is 9.13. The van der Waals surface area contributed by atoms with Gasteiger partial charge < -0.3 is 14.4 Å². The van der Waals surface area contributed by atoms with Crippen LogP contribution in [0.25, 0.3) is 0 Å². The summed E-state index contributed by atoms with van der Waals surface area (Å²) in [7, 11) is 1.29. The first-order valence-electron chi connectivity index (χ1n) is 5.72. The van der Waals surface area contributed by atoms with Gasteiger partial charge in [-0.25, -0.2) is 9.78 Å². The second kappa shape index (κ2) is 6.12. The van der Waals surface area contributed by atoms with Gasteiger partial charge in [-0.3, -0.25) is 4.79 Å². The van der Waals surface area contributed by atoms with Gasteiger partial charge in [0.25, 0.3) is 5.91 Å². The first-order valence-corrected chi connectivity index (χ1v) is 6.52. The van der Waals surface area contributed by atoms with Crippen molar-refractivity contribution in [2.45, 2.75) is 6.10 Å². The molecular weight excluding hydrogens is 316 g/mol. The number of amides is 1. The summed E-state index contributed by atoms with van der Waals surface area (Å²) in [6.07, 6.45) is 0.821. The van der Waals surface area contributed by atoms with Crippen LogP contribution in [0, 0.1) is 0 Å². The molecule has 1 aliphatic heterocycles. The fraction of sp³-hybridized carbons (Fsp3) is 0.417. The van der Waals surface area contributed by atoms with Gasteiger partial charge in [-0.05, 0) is 28.1 Å². The molecule has 1 aliphatic rings. The molecule has 0 saturated carbocycles. The lowest BCUT2D eigenvalue weighted by Gasteiger charge is -2.31. The van der Waals surface area contributed by atoms with Gasteiger partial charge in [-0.2, -0.15) is 0 Å². The molecule has 2 heterocycles. The average Bonchev–Trinajstić information content (AvgIpc) is 2.46. The van der Waals surface area contributed by atoms with Crippen molar-refractivity contribution < 1.29 is 19.1 Å². The molecule has 1 aromatic heterocycles. The quantitative estimate of drug-likeness (QED) is 0.753. The number of carbonyl (C=O) groups excluding carboxylic acids is 2. The van der Waals surface area contributed by atoms with Crippen LogP contribution in [0.2, 0.25) is 0 Å². The number of nitrogens with zero attached hydrogens (tertiary/aromatic N) is 2. The highest BCUT2D eigenvalue weighted by Gasteiger charge is 2.31. The van der Waals surface area contributed by atoms with E-state index in [1.807, 2.05) is 0 Å². The monoisotopic (exact) mass is 328 g/mol. The van der Waals surface area contributed by atoms with Crippen LogP contribution in [0.5, 0.6) is 0 Å². The van der Waals surface area contributed by atoms with Crippen molar-refractivity contribution in [2.75, 3.05) is 26.8 Å². The number of carbonyl (C=O) groups is 2. The average molecular weight is 329 g/mol. The maximum absolute atomic E-state index is 12.3. The van der Waals surface area contributed by atoms with Crippen molar-refractivity contribution in [1.29, 1.82) is 0 Å². The highest BCUT2D eigenvalue weighted by Crippen LogP contribution is 2.17. The molecule has 1 saturated heterocycles. The van der Waals surface area contributed by atoms with Gasteiger partial charge >= 0.3 is 5.97 Å². The molecule has 0 N–H and O–H groups in total. The fourth-order valence-electron chi connectivity index (χ4n) is 1.80. The van der Waals surface area contributed by atoms with Crippen molar-refractivity contribution in [3.05, 3.63) is 28.5 Å². The third-order valence-corrected chi connectivity index (χ3v) is 3.42. The van der Waals surface area contributed by atoms with Gasteiger partial charge in [0.1, 0.15) is 5.69 Å². The SMILES string of the molecule is COC(=O)C1CN(C(=O)c2ncccc2Br)CCO1. The third-order valence-electron chi connectivity index (χ3n) is 2.78. The van der Waals surface area contributed by atoms with E-state index >= 15 is 0 Å². The molecule has 1 unspecified atom stereocenters. The van der Waals surface area contributed by atoms with E-state index in [2.05, 4.69) is 25.7 Å². The highest BCUT2D eigenvalue weighted by atomic mass is 79.9. The maximum atomic E-state index is 12.3. The zero-order chi connectivity index (χ0) is 13.8. The smallest absolute Gasteiger partial charge is 0.336 e. The molecule has 0 spiro atoms. The Kier molecular flexibility index (Phi) is 4.49. The van der Waals surface area contributed by atoms with Gasteiger partial charge in [0.05, 0.1) is 20.3 Å². The Hall–Kier alpha value is -1.47. The lowest BCUT2D eigenvalue weighted by molar-refractivity contribution is -0.158. The van der Waals surface area contributed by atoms with Crippen LogP contribution >= 0.6 is 15.9 Å². The van der Waals surface area contributed by atoms with E-state index in [0.717, 1.165) is 0 Å². The largest absolute Gasteiger partial charge is 0.467 e. The molecule has 6 nitrogen and oxygen atoms in total. The molecule has 1 fully saturated rings. The maximum Gasteiger partial charge on any atom is 0.336 e. The predicted octanol–water partition coefficient (Wildman–Crippen LogP) is 0.858. The predicted molar refractivity (Wildman–Crippen MR) is 69.6 cm³/mol. The second-order valence-corrected chi connectivity index (χ2v) is 4.82. The van der Waals surface area contributed by atoms with Gasteiger partial charge in [-0.15, -0.1) is 0 Å². The number of methoxy groups -OCH3 is 1. The molecule has 0 aromatic carbocycles.